The summed E-state index contributed by atoms with van der Waals surface area (Å²) >= 11 is 0. The Morgan fingerprint density at radius 2 is 2.00 bits per heavy atom. The molecule has 2 aliphatic rings. The molecule has 0 radical (unpaired) electrons. The first kappa shape index (κ1) is 20.1. The minimum atomic E-state index is -1.00. The van der Waals surface area contributed by atoms with Crippen LogP contribution in [-0.4, -0.2) is 35.4 Å². The smallest absolute Gasteiger partial charge is 0.255 e. The van der Waals surface area contributed by atoms with Crippen molar-refractivity contribution in [2.75, 3.05) is 19.6 Å². The number of nitrogens with two attached hydrogens (primary N) is 1. The molecule has 0 aromatic carbocycles. The zero-order valence-corrected chi connectivity index (χ0v) is 14.8. The van der Waals surface area contributed by atoms with Gasteiger partial charge >= 0.3 is 0 Å². The van der Waals surface area contributed by atoms with Crippen LogP contribution in [0.15, 0.2) is 47.2 Å². The molecule has 0 heterocycles. The van der Waals surface area contributed by atoms with Crippen LogP contribution >= 0.6 is 12.4 Å². The first-order chi connectivity index (χ1) is 11.0. The van der Waals surface area contributed by atoms with Gasteiger partial charge in [0.15, 0.2) is 0 Å². The summed E-state index contributed by atoms with van der Waals surface area (Å²) in [5, 5.41) is 11.4. The Kier molecular flexibility index (Phi) is 6.93. The molecule has 0 aliphatic heterocycles. The quantitative estimate of drug-likeness (QED) is 0.562. The molecule has 0 saturated carbocycles. The van der Waals surface area contributed by atoms with E-state index >= 15 is 0 Å². The van der Waals surface area contributed by atoms with Gasteiger partial charge in [0, 0.05) is 0 Å². The summed E-state index contributed by atoms with van der Waals surface area (Å²) in [6, 6.07) is 0. The van der Waals surface area contributed by atoms with Crippen LogP contribution in [0.3, 0.4) is 0 Å². The molecule has 0 fully saturated rings. The van der Waals surface area contributed by atoms with E-state index in [9.17, 15) is 14.9 Å². The molecule has 0 spiro atoms. The molecule has 1 atom stereocenters. The van der Waals surface area contributed by atoms with Crippen molar-refractivity contribution in [1.29, 1.82) is 0 Å². The Morgan fingerprint density at radius 1 is 1.33 bits per heavy atom. The number of rotatable bonds is 7. The third-order valence-corrected chi connectivity index (χ3v) is 4.78. The standard InChI is InChI=1S/C17H23N3O3.ClH/c1-3-19(4-2)11-10-17(16(18)21)12-15(20(22)23)13-8-6-5-7-9-14(13)17;/h5-9H,3-4,10-12H2,1-2H3,(H2,18,21);1H. The molecule has 24 heavy (non-hydrogen) atoms. The Hall–Kier alpha value is -1.92. The third-order valence-electron chi connectivity index (χ3n) is 4.78. The maximum absolute atomic E-state index is 12.3. The number of allylic oxidation sites excluding steroid dienone is 7. The number of nitrogens with zero attached hydrogens (tertiary/aromatic N) is 2. The number of hydrogen-bond acceptors (Lipinski definition) is 4. The molecule has 2 N–H and O–H groups in total. The second-order valence-corrected chi connectivity index (χ2v) is 5.84. The fourth-order valence-electron chi connectivity index (χ4n) is 3.31. The lowest BCUT2D eigenvalue weighted by molar-refractivity contribution is -0.428. The molecule has 7 heteroatoms. The first-order valence-corrected chi connectivity index (χ1v) is 7.92. The van der Waals surface area contributed by atoms with Gasteiger partial charge in [-0.3, -0.25) is 14.9 Å². The number of nitro groups is 1. The van der Waals surface area contributed by atoms with Gasteiger partial charge in [0.2, 0.25) is 5.91 Å². The molecule has 1 amide bonds. The van der Waals surface area contributed by atoms with Crippen molar-refractivity contribution in [3.8, 4) is 0 Å². The van der Waals surface area contributed by atoms with Gasteiger partial charge < -0.3 is 10.6 Å². The number of primary amides is 1. The van der Waals surface area contributed by atoms with Crippen LogP contribution in [0.5, 0.6) is 0 Å². The highest BCUT2D eigenvalue weighted by atomic mass is 35.5. The van der Waals surface area contributed by atoms with E-state index in [1.807, 2.05) is 0 Å². The van der Waals surface area contributed by atoms with Gasteiger partial charge in [-0.05, 0) is 37.7 Å². The van der Waals surface area contributed by atoms with E-state index in [4.69, 9.17) is 5.73 Å². The van der Waals surface area contributed by atoms with Gasteiger partial charge in [-0.15, -0.1) is 12.4 Å². The number of hydrogen-bond donors (Lipinski definition) is 1. The second-order valence-electron chi connectivity index (χ2n) is 5.84. The summed E-state index contributed by atoms with van der Waals surface area (Å²) in [4.78, 5) is 25.6. The monoisotopic (exact) mass is 353 g/mol. The van der Waals surface area contributed by atoms with Crippen LogP contribution in [0.4, 0.5) is 0 Å². The maximum atomic E-state index is 12.3. The SMILES string of the molecule is CCN(CC)CCC1(C(N)=O)CC([N+](=O)[O-])=C2C=CC=CC=C21.Cl. The molecule has 1 unspecified atom stereocenters. The Balaban J connectivity index is 0.00000288. The molecule has 0 aromatic rings. The van der Waals surface area contributed by atoms with Gasteiger partial charge in [0.25, 0.3) is 5.70 Å². The lowest BCUT2D eigenvalue weighted by Gasteiger charge is -2.30. The molecule has 0 bridgehead atoms. The van der Waals surface area contributed by atoms with Crippen molar-refractivity contribution >= 4 is 18.3 Å². The molecular weight excluding hydrogens is 330 g/mol. The number of amides is 1. The van der Waals surface area contributed by atoms with Crippen LogP contribution < -0.4 is 5.73 Å². The Labute approximate surface area is 148 Å². The van der Waals surface area contributed by atoms with E-state index in [-0.39, 0.29) is 29.4 Å². The fraction of sp³-hybridized carbons (Fsp3) is 0.471. The largest absolute Gasteiger partial charge is 0.369 e. The average Bonchev–Trinajstić information content (AvgIpc) is 2.67. The summed E-state index contributed by atoms with van der Waals surface area (Å²) in [7, 11) is 0. The van der Waals surface area contributed by atoms with Gasteiger partial charge in [-0.2, -0.15) is 0 Å². The molecule has 2 rings (SSSR count). The molecule has 6 nitrogen and oxygen atoms in total. The predicted molar refractivity (Wildman–Crippen MR) is 96.3 cm³/mol. The van der Waals surface area contributed by atoms with E-state index < -0.39 is 11.3 Å². The highest BCUT2D eigenvalue weighted by molar-refractivity contribution is 5.88. The van der Waals surface area contributed by atoms with Crippen molar-refractivity contribution in [1.82, 2.24) is 4.90 Å². The molecule has 0 saturated heterocycles. The van der Waals surface area contributed by atoms with Crippen LogP contribution in [-0.2, 0) is 4.79 Å². The van der Waals surface area contributed by atoms with Crippen LogP contribution in [0.25, 0.3) is 0 Å². The van der Waals surface area contributed by atoms with Crippen molar-refractivity contribution in [3.63, 3.8) is 0 Å². The van der Waals surface area contributed by atoms with E-state index in [1.165, 1.54) is 0 Å². The zero-order valence-electron chi connectivity index (χ0n) is 14.0. The normalized spacial score (nSPS) is 22.0. The first-order valence-electron chi connectivity index (χ1n) is 7.92. The van der Waals surface area contributed by atoms with E-state index in [2.05, 4.69) is 18.7 Å². The van der Waals surface area contributed by atoms with Crippen LogP contribution in [0.1, 0.15) is 26.7 Å². The fourth-order valence-corrected chi connectivity index (χ4v) is 3.31. The summed E-state index contributed by atoms with van der Waals surface area (Å²) in [5.41, 5.74) is 6.01. The van der Waals surface area contributed by atoms with Crippen molar-refractivity contribution in [3.05, 3.63) is 57.3 Å². The lowest BCUT2D eigenvalue weighted by atomic mass is 9.75. The second kappa shape index (κ2) is 8.26. The molecule has 0 aromatic heterocycles. The summed E-state index contributed by atoms with van der Waals surface area (Å²) in [6.07, 6.45) is 9.40. The minimum absolute atomic E-state index is 0. The number of carbonyl (C=O) groups excluding carboxylic acids is 1. The van der Waals surface area contributed by atoms with E-state index in [1.54, 1.807) is 30.4 Å². The summed E-state index contributed by atoms with van der Waals surface area (Å²) in [6.45, 7) is 6.52. The third kappa shape index (κ3) is 3.60. The highest BCUT2D eigenvalue weighted by Gasteiger charge is 2.51. The molecular formula is C17H24ClN3O3. The summed E-state index contributed by atoms with van der Waals surface area (Å²) in [5.74, 6) is -0.492. The van der Waals surface area contributed by atoms with E-state index in [0.717, 1.165) is 13.1 Å². The minimum Gasteiger partial charge on any atom is -0.369 e. The van der Waals surface area contributed by atoms with E-state index in [0.29, 0.717) is 24.1 Å². The number of halogens is 1. The van der Waals surface area contributed by atoms with Crippen molar-refractivity contribution < 1.29 is 9.72 Å². The number of carbonyl (C=O) groups is 1. The van der Waals surface area contributed by atoms with Gasteiger partial charge in [-0.25, -0.2) is 0 Å². The maximum Gasteiger partial charge on any atom is 0.255 e. The topological polar surface area (TPSA) is 89.5 Å². The molecule has 132 valence electrons. The number of fused-ring (bicyclic) bond motifs is 1. The Bertz CT molecular complexity index is 633. The van der Waals surface area contributed by atoms with Crippen LogP contribution in [0.2, 0.25) is 0 Å². The lowest BCUT2D eigenvalue weighted by Crippen LogP contribution is -2.40. The average molecular weight is 354 g/mol. The highest BCUT2D eigenvalue weighted by Crippen LogP contribution is 2.50. The Morgan fingerprint density at radius 3 is 2.54 bits per heavy atom. The van der Waals surface area contributed by atoms with Crippen molar-refractivity contribution in [2.45, 2.75) is 26.7 Å². The van der Waals surface area contributed by atoms with Crippen molar-refractivity contribution in [2.24, 2.45) is 11.1 Å². The van der Waals surface area contributed by atoms with Gasteiger partial charge in [0.1, 0.15) is 0 Å². The van der Waals surface area contributed by atoms with Crippen LogP contribution in [0, 0.1) is 15.5 Å². The zero-order chi connectivity index (χ0) is 17.0. The molecule has 2 aliphatic carbocycles. The van der Waals surface area contributed by atoms with Gasteiger partial charge in [-0.1, -0.05) is 38.2 Å². The predicted octanol–water partition coefficient (Wildman–Crippen LogP) is 2.60. The summed E-state index contributed by atoms with van der Waals surface area (Å²) < 4.78 is 0. The van der Waals surface area contributed by atoms with Gasteiger partial charge in [0.05, 0.1) is 22.3 Å².